The van der Waals surface area contributed by atoms with Gasteiger partial charge in [0, 0.05) is 19.2 Å². The van der Waals surface area contributed by atoms with Crippen molar-refractivity contribution in [3.8, 4) is 0 Å². The molecule has 1 amide bonds. The number of hydrogen-bond acceptors (Lipinski definition) is 4. The van der Waals surface area contributed by atoms with E-state index in [1.165, 1.54) is 19.2 Å². The fourth-order valence-electron chi connectivity index (χ4n) is 1.65. The third kappa shape index (κ3) is 4.45. The fraction of sp³-hybridized carbons (Fsp3) is 0.417. The van der Waals surface area contributed by atoms with Crippen molar-refractivity contribution in [1.82, 2.24) is 9.62 Å². The van der Waals surface area contributed by atoms with Gasteiger partial charge in [-0.15, -0.1) is 0 Å². The second kappa shape index (κ2) is 7.43. The molecule has 2 N–H and O–H groups in total. The number of carbonyl (C=O) groups excluding carboxylic acids is 1. The summed E-state index contributed by atoms with van der Waals surface area (Å²) in [5.74, 6) is -0.390. The summed E-state index contributed by atoms with van der Waals surface area (Å²) in [5.41, 5.74) is 0.249. The number of aliphatic hydroxyl groups is 1. The summed E-state index contributed by atoms with van der Waals surface area (Å²) >= 11 is 0. The normalized spacial score (nSPS) is 11.9. The highest BCUT2D eigenvalue weighted by atomic mass is 32.2. The molecule has 0 aliphatic heterocycles. The Morgan fingerprint density at radius 1 is 1.33 bits per heavy atom. The lowest BCUT2D eigenvalue weighted by atomic mass is 10.2. The molecule has 0 aliphatic rings. The van der Waals surface area contributed by atoms with E-state index in [9.17, 15) is 22.0 Å². The molecule has 0 heterocycles. The second-order valence-electron chi connectivity index (χ2n) is 4.08. The number of nitrogens with one attached hydrogen (secondary N) is 1. The van der Waals surface area contributed by atoms with E-state index in [2.05, 4.69) is 5.32 Å². The lowest BCUT2D eigenvalue weighted by molar-refractivity contribution is 0.0963. The van der Waals surface area contributed by atoms with Crippen LogP contribution in [0.15, 0.2) is 29.2 Å². The molecular weight excluding hydrogens is 306 g/mol. The van der Waals surface area contributed by atoms with Crippen molar-refractivity contribution in [1.29, 1.82) is 0 Å². The molecule has 0 aromatic heterocycles. The summed E-state index contributed by atoms with van der Waals surface area (Å²) < 4.78 is 49.7. The zero-order chi connectivity index (χ0) is 16.0. The molecule has 0 bridgehead atoms. The van der Waals surface area contributed by atoms with Gasteiger partial charge in [-0.3, -0.25) is 4.79 Å². The first-order valence-electron chi connectivity index (χ1n) is 6.04. The highest BCUT2D eigenvalue weighted by molar-refractivity contribution is 7.89. The summed E-state index contributed by atoms with van der Waals surface area (Å²) in [6.07, 6.45) is -2.85. The zero-order valence-electron chi connectivity index (χ0n) is 11.3. The number of hydrogen-bond donors (Lipinski definition) is 2. The molecule has 1 rings (SSSR count). The van der Waals surface area contributed by atoms with Crippen LogP contribution in [0.25, 0.3) is 0 Å². The predicted molar refractivity (Wildman–Crippen MR) is 71.7 cm³/mol. The maximum absolute atomic E-state index is 12.4. The van der Waals surface area contributed by atoms with Gasteiger partial charge in [0.15, 0.2) is 0 Å². The van der Waals surface area contributed by atoms with Crippen LogP contribution in [0.2, 0.25) is 0 Å². The van der Waals surface area contributed by atoms with Crippen LogP contribution in [0.3, 0.4) is 0 Å². The molecule has 0 saturated carbocycles. The van der Waals surface area contributed by atoms with Gasteiger partial charge in [-0.2, -0.15) is 4.31 Å². The van der Waals surface area contributed by atoms with Crippen molar-refractivity contribution in [3.63, 3.8) is 0 Å². The van der Waals surface area contributed by atoms with Gasteiger partial charge in [-0.25, -0.2) is 17.2 Å². The number of rotatable bonds is 7. The van der Waals surface area contributed by atoms with E-state index in [0.29, 0.717) is 4.31 Å². The highest BCUT2D eigenvalue weighted by Crippen LogP contribution is 2.17. The summed E-state index contributed by atoms with van der Waals surface area (Å²) in [5, 5.41) is 11.2. The number of carbonyl (C=O) groups is 1. The topological polar surface area (TPSA) is 86.7 Å². The Balaban J connectivity index is 3.07. The minimum atomic E-state index is -4.15. The second-order valence-corrected chi connectivity index (χ2v) is 6.02. The standard InChI is InChI=1S/C12H16F2N2O4S/c1-15-12(18)9-2-4-10(5-3-9)21(19,20)16(6-7-17)8-11(13)14/h2-5,11,17H,6-8H2,1H3,(H,15,18). The molecule has 0 atom stereocenters. The van der Waals surface area contributed by atoms with Gasteiger partial charge in [-0.05, 0) is 24.3 Å². The van der Waals surface area contributed by atoms with Crippen LogP contribution in [0.1, 0.15) is 10.4 Å². The largest absolute Gasteiger partial charge is 0.395 e. The number of aliphatic hydroxyl groups excluding tert-OH is 1. The van der Waals surface area contributed by atoms with Gasteiger partial charge < -0.3 is 10.4 Å². The van der Waals surface area contributed by atoms with E-state index in [-0.39, 0.29) is 10.5 Å². The molecular formula is C12H16F2N2O4S. The summed E-state index contributed by atoms with van der Waals surface area (Å²) in [4.78, 5) is 11.1. The smallest absolute Gasteiger partial charge is 0.252 e. The van der Waals surface area contributed by atoms with Gasteiger partial charge in [0.2, 0.25) is 10.0 Å². The molecule has 118 valence electrons. The number of halogens is 2. The van der Waals surface area contributed by atoms with Gasteiger partial charge in [-0.1, -0.05) is 0 Å². The maximum atomic E-state index is 12.4. The summed E-state index contributed by atoms with van der Waals surface area (Å²) in [7, 11) is -2.72. The summed E-state index contributed by atoms with van der Waals surface area (Å²) in [6, 6.07) is 4.89. The highest BCUT2D eigenvalue weighted by Gasteiger charge is 2.26. The van der Waals surface area contributed by atoms with Crippen molar-refractivity contribution in [2.45, 2.75) is 11.3 Å². The van der Waals surface area contributed by atoms with Crippen molar-refractivity contribution in [3.05, 3.63) is 29.8 Å². The van der Waals surface area contributed by atoms with Crippen LogP contribution in [-0.4, -0.2) is 56.9 Å². The minimum absolute atomic E-state index is 0.218. The van der Waals surface area contributed by atoms with E-state index >= 15 is 0 Å². The van der Waals surface area contributed by atoms with E-state index in [1.54, 1.807) is 0 Å². The zero-order valence-corrected chi connectivity index (χ0v) is 12.1. The molecule has 0 aliphatic carbocycles. The number of alkyl halides is 2. The van der Waals surface area contributed by atoms with Crippen molar-refractivity contribution < 1.29 is 27.1 Å². The van der Waals surface area contributed by atoms with Crippen molar-refractivity contribution >= 4 is 15.9 Å². The van der Waals surface area contributed by atoms with Crippen LogP contribution in [0.5, 0.6) is 0 Å². The Morgan fingerprint density at radius 2 is 1.90 bits per heavy atom. The fourth-order valence-corrected chi connectivity index (χ4v) is 3.06. The molecule has 0 spiro atoms. The molecule has 9 heteroatoms. The SMILES string of the molecule is CNC(=O)c1ccc(S(=O)(=O)N(CCO)CC(F)F)cc1. The van der Waals surface area contributed by atoms with Gasteiger partial charge in [0.25, 0.3) is 12.3 Å². The van der Waals surface area contributed by atoms with Crippen LogP contribution in [-0.2, 0) is 10.0 Å². The minimum Gasteiger partial charge on any atom is -0.395 e. The van der Waals surface area contributed by atoms with Crippen molar-refractivity contribution in [2.24, 2.45) is 0 Å². The quantitative estimate of drug-likeness (QED) is 0.756. The number of nitrogens with zero attached hydrogens (tertiary/aromatic N) is 1. The van der Waals surface area contributed by atoms with Crippen LogP contribution < -0.4 is 5.32 Å². The Kier molecular flexibility index (Phi) is 6.19. The molecule has 6 nitrogen and oxygen atoms in total. The molecule has 0 saturated heterocycles. The maximum Gasteiger partial charge on any atom is 0.252 e. The van der Waals surface area contributed by atoms with Gasteiger partial charge in [0.05, 0.1) is 18.0 Å². The van der Waals surface area contributed by atoms with E-state index in [4.69, 9.17) is 5.11 Å². The predicted octanol–water partition coefficient (Wildman–Crippen LogP) is 0.294. The first kappa shape index (κ1) is 17.5. The lowest BCUT2D eigenvalue weighted by Crippen LogP contribution is -2.37. The van der Waals surface area contributed by atoms with Crippen LogP contribution in [0, 0.1) is 0 Å². The molecule has 0 radical (unpaired) electrons. The Hall–Kier alpha value is -1.58. The molecule has 0 fully saturated rings. The molecule has 21 heavy (non-hydrogen) atoms. The molecule has 0 unspecified atom stereocenters. The first-order chi connectivity index (χ1) is 9.82. The summed E-state index contributed by atoms with van der Waals surface area (Å²) in [6.45, 7) is -1.99. The third-order valence-corrected chi connectivity index (χ3v) is 4.55. The Bertz CT molecular complexity index is 575. The number of amides is 1. The Morgan fingerprint density at radius 3 is 2.33 bits per heavy atom. The molecule has 1 aromatic rings. The lowest BCUT2D eigenvalue weighted by Gasteiger charge is -2.20. The van der Waals surface area contributed by atoms with Crippen molar-refractivity contribution in [2.75, 3.05) is 26.7 Å². The first-order valence-corrected chi connectivity index (χ1v) is 7.48. The van der Waals surface area contributed by atoms with Crippen LogP contribution in [0.4, 0.5) is 8.78 Å². The molecule has 1 aromatic carbocycles. The van der Waals surface area contributed by atoms with E-state index < -0.39 is 42.1 Å². The van der Waals surface area contributed by atoms with E-state index in [0.717, 1.165) is 12.1 Å². The van der Waals surface area contributed by atoms with Crippen LogP contribution >= 0.6 is 0 Å². The Labute approximate surface area is 121 Å². The number of benzene rings is 1. The third-order valence-electron chi connectivity index (χ3n) is 2.67. The monoisotopic (exact) mass is 322 g/mol. The average molecular weight is 322 g/mol. The van der Waals surface area contributed by atoms with Gasteiger partial charge >= 0.3 is 0 Å². The van der Waals surface area contributed by atoms with Gasteiger partial charge in [0.1, 0.15) is 0 Å². The average Bonchev–Trinajstić information content (AvgIpc) is 2.45. The van der Waals surface area contributed by atoms with E-state index in [1.807, 2.05) is 0 Å². The number of sulfonamides is 1.